The average molecular weight is 272 g/mol. The van der Waals surface area contributed by atoms with Crippen LogP contribution in [0.15, 0.2) is 0 Å². The van der Waals surface area contributed by atoms with Crippen LogP contribution in [0.25, 0.3) is 0 Å². The van der Waals surface area contributed by atoms with Gasteiger partial charge >= 0.3 is 0 Å². The first-order chi connectivity index (χ1) is 9.18. The number of ether oxygens (including phenoxy) is 1. The SMILES string of the molecule is CCCCCCCCCCCCOC(C)(CC)CO. The van der Waals surface area contributed by atoms with Gasteiger partial charge in [-0.3, -0.25) is 0 Å². The number of aliphatic hydroxyl groups is 1. The van der Waals surface area contributed by atoms with E-state index in [4.69, 9.17) is 4.74 Å². The van der Waals surface area contributed by atoms with Crippen molar-refractivity contribution in [3.63, 3.8) is 0 Å². The summed E-state index contributed by atoms with van der Waals surface area (Å²) in [5.74, 6) is 0. The Morgan fingerprint density at radius 3 is 1.68 bits per heavy atom. The van der Waals surface area contributed by atoms with E-state index in [1.54, 1.807) is 0 Å². The van der Waals surface area contributed by atoms with Crippen LogP contribution < -0.4 is 0 Å². The summed E-state index contributed by atoms with van der Waals surface area (Å²) in [6.45, 7) is 7.24. The maximum atomic E-state index is 9.22. The summed E-state index contributed by atoms with van der Waals surface area (Å²) in [6, 6.07) is 0. The molecule has 0 aliphatic heterocycles. The predicted octanol–water partition coefficient (Wildman–Crippen LogP) is 5.08. The van der Waals surface area contributed by atoms with Crippen molar-refractivity contribution < 1.29 is 9.84 Å². The summed E-state index contributed by atoms with van der Waals surface area (Å²) in [5, 5.41) is 9.22. The molecule has 0 heterocycles. The van der Waals surface area contributed by atoms with Crippen LogP contribution in [0.5, 0.6) is 0 Å². The summed E-state index contributed by atoms with van der Waals surface area (Å²) in [7, 11) is 0. The first-order valence-corrected chi connectivity index (χ1v) is 8.43. The molecule has 19 heavy (non-hydrogen) atoms. The lowest BCUT2D eigenvalue weighted by atomic mass is 10.0. The van der Waals surface area contributed by atoms with Crippen molar-refractivity contribution in [2.24, 2.45) is 0 Å². The third-order valence-corrected chi connectivity index (χ3v) is 4.03. The van der Waals surface area contributed by atoms with Crippen LogP contribution in [0.3, 0.4) is 0 Å². The van der Waals surface area contributed by atoms with Crippen molar-refractivity contribution in [2.75, 3.05) is 13.2 Å². The molecule has 0 saturated heterocycles. The Morgan fingerprint density at radius 1 is 0.789 bits per heavy atom. The summed E-state index contributed by atoms with van der Waals surface area (Å²) in [6.07, 6.45) is 14.4. The molecule has 1 unspecified atom stereocenters. The lowest BCUT2D eigenvalue weighted by Gasteiger charge is -2.26. The van der Waals surface area contributed by atoms with Gasteiger partial charge in [-0.25, -0.2) is 0 Å². The van der Waals surface area contributed by atoms with E-state index in [0.717, 1.165) is 19.4 Å². The molecule has 2 nitrogen and oxygen atoms in total. The molecule has 0 aliphatic carbocycles. The minimum Gasteiger partial charge on any atom is -0.393 e. The van der Waals surface area contributed by atoms with Crippen molar-refractivity contribution >= 4 is 0 Å². The topological polar surface area (TPSA) is 29.5 Å². The molecule has 0 radical (unpaired) electrons. The van der Waals surface area contributed by atoms with Gasteiger partial charge in [-0.15, -0.1) is 0 Å². The van der Waals surface area contributed by atoms with Gasteiger partial charge in [0.1, 0.15) is 0 Å². The first kappa shape index (κ1) is 18.9. The Labute approximate surface area is 120 Å². The van der Waals surface area contributed by atoms with Crippen LogP contribution >= 0.6 is 0 Å². The molecule has 0 aromatic rings. The Bertz CT molecular complexity index is 176. The Morgan fingerprint density at radius 2 is 1.26 bits per heavy atom. The maximum Gasteiger partial charge on any atom is 0.0881 e. The zero-order chi connectivity index (χ0) is 14.4. The van der Waals surface area contributed by atoms with Gasteiger partial charge in [0.15, 0.2) is 0 Å². The molecule has 1 atom stereocenters. The third-order valence-electron chi connectivity index (χ3n) is 4.03. The van der Waals surface area contributed by atoms with E-state index in [9.17, 15) is 5.11 Å². The lowest BCUT2D eigenvalue weighted by molar-refractivity contribution is -0.0700. The molecular weight excluding hydrogens is 236 g/mol. The van der Waals surface area contributed by atoms with Crippen LogP contribution in [0, 0.1) is 0 Å². The fourth-order valence-electron chi connectivity index (χ4n) is 2.17. The molecule has 1 N–H and O–H groups in total. The molecule has 0 fully saturated rings. The number of unbranched alkanes of at least 4 members (excludes halogenated alkanes) is 9. The second kappa shape index (κ2) is 12.9. The van der Waals surface area contributed by atoms with Crippen LogP contribution in [0.2, 0.25) is 0 Å². The highest BCUT2D eigenvalue weighted by molar-refractivity contribution is 4.71. The molecule has 0 aromatic carbocycles. The highest BCUT2D eigenvalue weighted by atomic mass is 16.5. The summed E-state index contributed by atoms with van der Waals surface area (Å²) in [5.41, 5.74) is -0.320. The zero-order valence-corrected chi connectivity index (χ0v) is 13.5. The normalized spacial score (nSPS) is 14.5. The molecule has 0 aliphatic rings. The smallest absolute Gasteiger partial charge is 0.0881 e. The van der Waals surface area contributed by atoms with E-state index in [-0.39, 0.29) is 12.2 Å². The van der Waals surface area contributed by atoms with Gasteiger partial charge in [0.05, 0.1) is 12.2 Å². The number of hydrogen-bond acceptors (Lipinski definition) is 2. The zero-order valence-electron chi connectivity index (χ0n) is 13.5. The van der Waals surface area contributed by atoms with Crippen molar-refractivity contribution in [2.45, 2.75) is 97.0 Å². The largest absolute Gasteiger partial charge is 0.393 e. The van der Waals surface area contributed by atoms with Gasteiger partial charge in [0.2, 0.25) is 0 Å². The summed E-state index contributed by atoms with van der Waals surface area (Å²) in [4.78, 5) is 0. The van der Waals surface area contributed by atoms with Crippen LogP contribution in [0.4, 0.5) is 0 Å². The Kier molecular flexibility index (Phi) is 12.9. The minimum atomic E-state index is -0.320. The average Bonchev–Trinajstić information content (AvgIpc) is 2.44. The quantitative estimate of drug-likeness (QED) is 0.447. The highest BCUT2D eigenvalue weighted by Gasteiger charge is 2.20. The van der Waals surface area contributed by atoms with Crippen molar-refractivity contribution in [3.8, 4) is 0 Å². The second-order valence-electron chi connectivity index (χ2n) is 5.99. The molecule has 0 spiro atoms. The maximum absolute atomic E-state index is 9.22. The Balaban J connectivity index is 3.19. The van der Waals surface area contributed by atoms with Crippen LogP contribution in [0.1, 0.15) is 91.4 Å². The van der Waals surface area contributed by atoms with Crippen LogP contribution in [-0.4, -0.2) is 23.9 Å². The summed E-state index contributed by atoms with van der Waals surface area (Å²) >= 11 is 0. The van der Waals surface area contributed by atoms with E-state index in [1.807, 2.05) is 6.92 Å². The number of hydrogen-bond donors (Lipinski definition) is 1. The molecule has 116 valence electrons. The first-order valence-electron chi connectivity index (χ1n) is 8.43. The van der Waals surface area contributed by atoms with E-state index in [0.29, 0.717) is 0 Å². The second-order valence-corrected chi connectivity index (χ2v) is 5.99. The molecule has 0 aromatic heterocycles. The third kappa shape index (κ3) is 11.4. The van der Waals surface area contributed by atoms with E-state index in [1.165, 1.54) is 57.8 Å². The van der Waals surface area contributed by atoms with Crippen molar-refractivity contribution in [1.82, 2.24) is 0 Å². The molecule has 0 bridgehead atoms. The van der Waals surface area contributed by atoms with Gasteiger partial charge in [0, 0.05) is 6.61 Å². The lowest BCUT2D eigenvalue weighted by Crippen LogP contribution is -2.32. The molecular formula is C17H36O2. The van der Waals surface area contributed by atoms with Gasteiger partial charge in [0.25, 0.3) is 0 Å². The highest BCUT2D eigenvalue weighted by Crippen LogP contribution is 2.15. The number of rotatable bonds is 14. The monoisotopic (exact) mass is 272 g/mol. The van der Waals surface area contributed by atoms with Gasteiger partial charge < -0.3 is 9.84 Å². The molecule has 0 saturated carbocycles. The van der Waals surface area contributed by atoms with Crippen molar-refractivity contribution in [1.29, 1.82) is 0 Å². The van der Waals surface area contributed by atoms with Gasteiger partial charge in [-0.05, 0) is 19.8 Å². The minimum absolute atomic E-state index is 0.126. The molecule has 0 rings (SSSR count). The van der Waals surface area contributed by atoms with E-state index < -0.39 is 0 Å². The Hall–Kier alpha value is -0.0800. The molecule has 0 amide bonds. The van der Waals surface area contributed by atoms with Crippen LogP contribution in [-0.2, 0) is 4.74 Å². The van der Waals surface area contributed by atoms with Crippen molar-refractivity contribution in [3.05, 3.63) is 0 Å². The fraction of sp³-hybridized carbons (Fsp3) is 1.00. The van der Waals surface area contributed by atoms with E-state index >= 15 is 0 Å². The van der Waals surface area contributed by atoms with Gasteiger partial charge in [-0.2, -0.15) is 0 Å². The van der Waals surface area contributed by atoms with E-state index in [2.05, 4.69) is 13.8 Å². The standard InChI is InChI=1S/C17H36O2/c1-4-6-7-8-9-10-11-12-13-14-15-19-17(3,5-2)16-18/h18H,4-16H2,1-3H3. The number of aliphatic hydroxyl groups excluding tert-OH is 1. The van der Waals surface area contributed by atoms with Gasteiger partial charge in [-0.1, -0.05) is 71.6 Å². The molecule has 2 heteroatoms. The predicted molar refractivity (Wildman–Crippen MR) is 83.6 cm³/mol. The fourth-order valence-corrected chi connectivity index (χ4v) is 2.17. The summed E-state index contributed by atoms with van der Waals surface area (Å²) < 4.78 is 5.75.